The number of ketones is 1. The van der Waals surface area contributed by atoms with Crippen molar-refractivity contribution in [1.29, 1.82) is 0 Å². The lowest BCUT2D eigenvalue weighted by Crippen LogP contribution is -2.43. The minimum absolute atomic E-state index is 0.0702. The molecule has 1 aromatic rings. The van der Waals surface area contributed by atoms with Crippen LogP contribution in [0.25, 0.3) is 0 Å². The predicted molar refractivity (Wildman–Crippen MR) is 71.4 cm³/mol. The van der Waals surface area contributed by atoms with Gasteiger partial charge in [-0.3, -0.25) is 4.79 Å². The summed E-state index contributed by atoms with van der Waals surface area (Å²) in [6.45, 7) is 0.593. The van der Waals surface area contributed by atoms with Crippen molar-refractivity contribution >= 4 is 5.78 Å². The van der Waals surface area contributed by atoms with E-state index in [9.17, 15) is 15.0 Å². The van der Waals surface area contributed by atoms with Crippen molar-refractivity contribution in [3.05, 3.63) is 47.2 Å². The molecule has 1 saturated heterocycles. The molecule has 1 aliphatic heterocycles. The van der Waals surface area contributed by atoms with Gasteiger partial charge in [0.25, 0.3) is 0 Å². The van der Waals surface area contributed by atoms with Crippen LogP contribution in [0.1, 0.15) is 17.5 Å². The van der Waals surface area contributed by atoms with E-state index in [1.807, 2.05) is 6.08 Å². The summed E-state index contributed by atoms with van der Waals surface area (Å²) in [4.78, 5) is 11.6. The number of carbonyl (C=O) groups excluding carboxylic acids is 1. The summed E-state index contributed by atoms with van der Waals surface area (Å²) < 4.78 is 5.78. The van der Waals surface area contributed by atoms with Gasteiger partial charge in [0.2, 0.25) is 0 Å². The molecule has 0 radical (unpaired) electrons. The van der Waals surface area contributed by atoms with Crippen molar-refractivity contribution in [2.24, 2.45) is 5.92 Å². The highest BCUT2D eigenvalue weighted by Gasteiger charge is 2.48. The summed E-state index contributed by atoms with van der Waals surface area (Å²) >= 11 is 0. The third-order valence-electron chi connectivity index (χ3n) is 4.52. The van der Waals surface area contributed by atoms with E-state index in [0.717, 1.165) is 24.0 Å². The Morgan fingerprint density at radius 1 is 1.25 bits per heavy atom. The number of benzene rings is 1. The fourth-order valence-electron chi connectivity index (χ4n) is 3.65. The van der Waals surface area contributed by atoms with E-state index in [-0.39, 0.29) is 17.3 Å². The minimum Gasteiger partial charge on any atom is -0.504 e. The number of phenolic OH excluding ortho intramolecular Hbond substituents is 2. The zero-order valence-electron chi connectivity index (χ0n) is 10.8. The first-order chi connectivity index (χ1) is 9.58. The van der Waals surface area contributed by atoms with E-state index in [4.69, 9.17) is 4.74 Å². The Kier molecular flexibility index (Phi) is 2.12. The number of fused-ring (bicyclic) bond motifs is 2. The molecule has 1 fully saturated rings. The third-order valence-corrected chi connectivity index (χ3v) is 4.52. The van der Waals surface area contributed by atoms with Crippen molar-refractivity contribution in [3.8, 4) is 11.5 Å². The second kappa shape index (κ2) is 3.66. The average molecular weight is 270 g/mol. The fraction of sp³-hybridized carbons (Fsp3) is 0.312. The number of aromatic hydroxyl groups is 2. The molecule has 2 atom stereocenters. The standard InChI is InChI=1S/C16H14O4/c17-11-1-2-16-7-9(8-20-15(16)5-11)3-10-4-13(18)14(19)6-12(10)16/h1-2,4-6,9,18-19H,3,7-8H2. The van der Waals surface area contributed by atoms with Crippen molar-refractivity contribution in [2.75, 3.05) is 6.61 Å². The van der Waals surface area contributed by atoms with Gasteiger partial charge in [-0.1, -0.05) is 6.08 Å². The molecule has 1 spiro atoms. The van der Waals surface area contributed by atoms with Crippen LogP contribution in [0, 0.1) is 5.92 Å². The first kappa shape index (κ1) is 11.6. The largest absolute Gasteiger partial charge is 0.504 e. The van der Waals surface area contributed by atoms with Crippen molar-refractivity contribution in [3.63, 3.8) is 0 Å². The summed E-state index contributed by atoms with van der Waals surface area (Å²) in [5.74, 6) is 0.724. The van der Waals surface area contributed by atoms with Crippen LogP contribution < -0.4 is 0 Å². The molecular weight excluding hydrogens is 256 g/mol. The summed E-state index contributed by atoms with van der Waals surface area (Å²) in [5.41, 5.74) is 1.48. The van der Waals surface area contributed by atoms with Crippen molar-refractivity contribution in [2.45, 2.75) is 18.3 Å². The molecule has 0 saturated carbocycles. The number of rotatable bonds is 0. The monoisotopic (exact) mass is 270 g/mol. The van der Waals surface area contributed by atoms with Crippen LogP contribution in [-0.2, 0) is 21.4 Å². The quantitative estimate of drug-likeness (QED) is 0.707. The number of phenols is 2. The minimum atomic E-state index is -0.463. The zero-order chi connectivity index (χ0) is 13.9. The Morgan fingerprint density at radius 3 is 2.90 bits per heavy atom. The van der Waals surface area contributed by atoms with Gasteiger partial charge >= 0.3 is 0 Å². The molecule has 2 aliphatic carbocycles. The molecule has 4 nitrogen and oxygen atoms in total. The second-order valence-corrected chi connectivity index (χ2v) is 5.80. The first-order valence-electron chi connectivity index (χ1n) is 6.72. The van der Waals surface area contributed by atoms with Gasteiger partial charge < -0.3 is 14.9 Å². The molecule has 1 aromatic carbocycles. The van der Waals surface area contributed by atoms with Crippen LogP contribution in [-0.4, -0.2) is 22.6 Å². The SMILES string of the molecule is O=C1C=CC23CC(COC2=C1)Cc1cc(O)c(O)cc13. The third kappa shape index (κ3) is 1.39. The van der Waals surface area contributed by atoms with E-state index < -0.39 is 5.41 Å². The number of ether oxygens (including phenoxy) is 1. The molecule has 1 heterocycles. The van der Waals surface area contributed by atoms with Gasteiger partial charge in [0.15, 0.2) is 17.3 Å². The number of hydrogen-bond acceptors (Lipinski definition) is 4. The molecule has 20 heavy (non-hydrogen) atoms. The summed E-state index contributed by atoms with van der Waals surface area (Å²) in [6, 6.07) is 3.23. The molecule has 4 heteroatoms. The molecule has 3 aliphatic rings. The molecule has 2 N–H and O–H groups in total. The van der Waals surface area contributed by atoms with Gasteiger partial charge in [-0.2, -0.15) is 0 Å². The lowest BCUT2D eigenvalue weighted by atomic mass is 9.62. The highest BCUT2D eigenvalue weighted by Crippen LogP contribution is 2.52. The van der Waals surface area contributed by atoms with Crippen LogP contribution >= 0.6 is 0 Å². The Bertz CT molecular complexity index is 686. The van der Waals surface area contributed by atoms with Crippen molar-refractivity contribution in [1.82, 2.24) is 0 Å². The van der Waals surface area contributed by atoms with E-state index in [0.29, 0.717) is 18.3 Å². The molecular formula is C16H14O4. The Labute approximate surface area is 116 Å². The van der Waals surface area contributed by atoms with Gasteiger partial charge in [0.05, 0.1) is 12.0 Å². The molecule has 102 valence electrons. The lowest BCUT2D eigenvalue weighted by molar-refractivity contribution is -0.111. The first-order valence-corrected chi connectivity index (χ1v) is 6.72. The van der Waals surface area contributed by atoms with E-state index in [1.165, 1.54) is 6.08 Å². The fourth-order valence-corrected chi connectivity index (χ4v) is 3.65. The normalized spacial score (nSPS) is 30.1. The van der Waals surface area contributed by atoms with Crippen LogP contribution in [0.3, 0.4) is 0 Å². The maximum absolute atomic E-state index is 11.6. The highest BCUT2D eigenvalue weighted by molar-refractivity contribution is 6.01. The van der Waals surface area contributed by atoms with Crippen LogP contribution in [0.4, 0.5) is 0 Å². The number of hydrogen-bond donors (Lipinski definition) is 2. The van der Waals surface area contributed by atoms with Gasteiger partial charge in [-0.25, -0.2) is 0 Å². The lowest BCUT2D eigenvalue weighted by Gasteiger charge is -2.46. The summed E-state index contributed by atoms with van der Waals surface area (Å²) in [5, 5.41) is 19.5. The van der Waals surface area contributed by atoms with Crippen molar-refractivity contribution < 1.29 is 19.7 Å². The Balaban J connectivity index is 1.98. The van der Waals surface area contributed by atoms with Crippen LogP contribution in [0.5, 0.6) is 11.5 Å². The number of carbonyl (C=O) groups is 1. The zero-order valence-corrected chi connectivity index (χ0v) is 10.8. The Morgan fingerprint density at radius 2 is 2.05 bits per heavy atom. The smallest absolute Gasteiger partial charge is 0.181 e. The summed E-state index contributed by atoms with van der Waals surface area (Å²) in [6.07, 6.45) is 6.68. The van der Waals surface area contributed by atoms with Gasteiger partial charge in [-0.05, 0) is 48.1 Å². The van der Waals surface area contributed by atoms with E-state index >= 15 is 0 Å². The number of allylic oxidation sites excluding steroid dienone is 3. The highest BCUT2D eigenvalue weighted by atomic mass is 16.5. The van der Waals surface area contributed by atoms with Gasteiger partial charge in [-0.15, -0.1) is 0 Å². The van der Waals surface area contributed by atoms with E-state index in [1.54, 1.807) is 18.2 Å². The van der Waals surface area contributed by atoms with Gasteiger partial charge in [0.1, 0.15) is 5.76 Å². The molecule has 0 aromatic heterocycles. The van der Waals surface area contributed by atoms with Gasteiger partial charge in [0, 0.05) is 6.08 Å². The topological polar surface area (TPSA) is 66.8 Å². The molecule has 2 unspecified atom stereocenters. The molecule has 4 rings (SSSR count). The molecule has 0 amide bonds. The Hall–Kier alpha value is -2.23. The predicted octanol–water partition coefficient (Wildman–Crippen LogP) is 1.95. The van der Waals surface area contributed by atoms with E-state index in [2.05, 4.69) is 0 Å². The maximum atomic E-state index is 11.6. The van der Waals surface area contributed by atoms with Crippen LogP contribution in [0.15, 0.2) is 36.1 Å². The molecule has 2 bridgehead atoms. The summed E-state index contributed by atoms with van der Waals surface area (Å²) in [7, 11) is 0. The maximum Gasteiger partial charge on any atom is 0.181 e. The van der Waals surface area contributed by atoms with Crippen LogP contribution in [0.2, 0.25) is 0 Å². The average Bonchev–Trinajstić information content (AvgIpc) is 2.42. The second-order valence-electron chi connectivity index (χ2n) is 5.80.